The molecule has 0 nitrogen and oxygen atoms in total. The molecule has 0 unspecified atom stereocenters. The van der Waals surface area contributed by atoms with Crippen LogP contribution in [0.1, 0.15) is 26.3 Å². The van der Waals surface area contributed by atoms with Gasteiger partial charge in [0, 0.05) is 0 Å². The summed E-state index contributed by atoms with van der Waals surface area (Å²) in [5, 5.41) is 10.6. The minimum atomic E-state index is 0.0402. The van der Waals surface area contributed by atoms with Gasteiger partial charge in [0.05, 0.1) is 0 Å². The van der Waals surface area contributed by atoms with Gasteiger partial charge in [-0.25, -0.2) is 0 Å². The van der Waals surface area contributed by atoms with E-state index in [1.165, 1.54) is 59.8 Å². The molecule has 32 heavy (non-hydrogen) atoms. The van der Waals surface area contributed by atoms with Gasteiger partial charge in [-0.15, -0.1) is 0 Å². The Kier molecular flexibility index (Phi) is 4.13. The predicted octanol–water partition coefficient (Wildman–Crippen LogP) is 9.26. The zero-order chi connectivity index (χ0) is 21.9. The van der Waals surface area contributed by atoms with E-state index in [2.05, 4.69) is 124 Å². The first-order chi connectivity index (χ1) is 15.5. The smallest absolute Gasteiger partial charge is 0.00141 e. The second-order valence-electron chi connectivity index (χ2n) is 9.79. The molecule has 6 aromatic rings. The molecule has 0 heteroatoms. The van der Waals surface area contributed by atoms with Crippen molar-refractivity contribution in [3.63, 3.8) is 0 Å². The molecule has 0 aromatic heterocycles. The molecule has 0 spiro atoms. The third-order valence-corrected chi connectivity index (χ3v) is 6.70. The van der Waals surface area contributed by atoms with Crippen LogP contribution in [0.3, 0.4) is 0 Å². The van der Waals surface area contributed by atoms with Crippen LogP contribution in [-0.4, -0.2) is 0 Å². The van der Waals surface area contributed by atoms with Gasteiger partial charge in [0.15, 0.2) is 0 Å². The van der Waals surface area contributed by atoms with E-state index in [0.717, 1.165) is 0 Å². The van der Waals surface area contributed by atoms with Gasteiger partial charge in [-0.1, -0.05) is 118 Å². The lowest BCUT2D eigenvalue weighted by Gasteiger charge is -2.27. The molecule has 0 atom stereocenters. The third-order valence-electron chi connectivity index (χ3n) is 6.70. The summed E-state index contributed by atoms with van der Waals surface area (Å²) in [7, 11) is 0. The highest BCUT2D eigenvalue weighted by Crippen LogP contribution is 2.47. The highest BCUT2D eigenvalue weighted by atomic mass is 14.3. The summed E-state index contributed by atoms with van der Waals surface area (Å²) in [6.45, 7) is 6.98. The molecular formula is C32H26. The van der Waals surface area contributed by atoms with Crippen LogP contribution < -0.4 is 0 Å². The average Bonchev–Trinajstić information content (AvgIpc) is 2.80. The molecule has 0 aliphatic heterocycles. The predicted molar refractivity (Wildman–Crippen MR) is 141 cm³/mol. The standard InChI is InChI=1S/C32H26/c1-32(2,3)31-27-18-10-8-16-25(27)30(26-17-9-11-19-28(26)31)29-23-14-6-4-12-21(23)20-22-13-5-7-15-24(22)29/h4-20H,1-3H3. The van der Waals surface area contributed by atoms with Crippen LogP contribution in [0.2, 0.25) is 0 Å². The van der Waals surface area contributed by atoms with E-state index in [0.29, 0.717) is 0 Å². The van der Waals surface area contributed by atoms with E-state index < -0.39 is 0 Å². The maximum atomic E-state index is 2.33. The summed E-state index contributed by atoms with van der Waals surface area (Å²) in [5.74, 6) is 0. The van der Waals surface area contributed by atoms with Crippen molar-refractivity contribution in [1.82, 2.24) is 0 Å². The normalized spacial score (nSPS) is 12.2. The zero-order valence-corrected chi connectivity index (χ0v) is 18.8. The van der Waals surface area contributed by atoms with Crippen molar-refractivity contribution in [3.05, 3.63) is 109 Å². The minimum Gasteiger partial charge on any atom is -0.0616 e. The summed E-state index contributed by atoms with van der Waals surface area (Å²) in [5.41, 5.74) is 4.15. The zero-order valence-electron chi connectivity index (χ0n) is 18.8. The van der Waals surface area contributed by atoms with E-state index in [9.17, 15) is 0 Å². The Balaban J connectivity index is 1.94. The van der Waals surface area contributed by atoms with Gasteiger partial charge in [0.25, 0.3) is 0 Å². The first kappa shape index (κ1) is 19.1. The lowest BCUT2D eigenvalue weighted by Crippen LogP contribution is -2.13. The Labute approximate surface area is 189 Å². The minimum absolute atomic E-state index is 0.0402. The molecule has 154 valence electrons. The quantitative estimate of drug-likeness (QED) is 0.237. The van der Waals surface area contributed by atoms with E-state index >= 15 is 0 Å². The molecule has 0 aliphatic carbocycles. The first-order valence-electron chi connectivity index (χ1n) is 11.4. The van der Waals surface area contributed by atoms with Crippen molar-refractivity contribution in [3.8, 4) is 11.1 Å². The van der Waals surface area contributed by atoms with Crippen molar-refractivity contribution in [2.24, 2.45) is 0 Å². The highest BCUT2D eigenvalue weighted by Gasteiger charge is 2.24. The SMILES string of the molecule is CC(C)(C)c1c2ccccc2c(-c2c3ccccc3cc3ccccc23)c2ccccc12. The highest BCUT2D eigenvalue weighted by molar-refractivity contribution is 6.24. The Morgan fingerprint density at radius 3 is 1.19 bits per heavy atom. The summed E-state index contributed by atoms with van der Waals surface area (Å²) in [4.78, 5) is 0. The van der Waals surface area contributed by atoms with Gasteiger partial charge in [-0.2, -0.15) is 0 Å². The molecule has 0 N–H and O–H groups in total. The third kappa shape index (κ3) is 2.76. The van der Waals surface area contributed by atoms with Crippen LogP contribution in [-0.2, 0) is 5.41 Å². The van der Waals surface area contributed by atoms with E-state index in [1.807, 2.05) is 0 Å². The fourth-order valence-corrected chi connectivity index (χ4v) is 5.49. The second-order valence-corrected chi connectivity index (χ2v) is 9.79. The van der Waals surface area contributed by atoms with Crippen LogP contribution in [0.25, 0.3) is 54.2 Å². The molecule has 0 aliphatic rings. The first-order valence-corrected chi connectivity index (χ1v) is 11.4. The number of fused-ring (bicyclic) bond motifs is 4. The summed E-state index contributed by atoms with van der Waals surface area (Å²) in [6, 6.07) is 37.9. The van der Waals surface area contributed by atoms with Crippen molar-refractivity contribution in [1.29, 1.82) is 0 Å². The van der Waals surface area contributed by atoms with Crippen LogP contribution in [0.5, 0.6) is 0 Å². The second kappa shape index (κ2) is 6.93. The van der Waals surface area contributed by atoms with Crippen LogP contribution in [0, 0.1) is 0 Å². The lowest BCUT2D eigenvalue weighted by molar-refractivity contribution is 0.601. The number of benzene rings is 6. The Morgan fingerprint density at radius 1 is 0.406 bits per heavy atom. The molecule has 0 saturated carbocycles. The molecule has 6 rings (SSSR count). The Morgan fingerprint density at radius 2 is 0.750 bits per heavy atom. The van der Waals surface area contributed by atoms with E-state index in [4.69, 9.17) is 0 Å². The molecule has 6 aromatic carbocycles. The fraction of sp³-hybridized carbons (Fsp3) is 0.125. The van der Waals surface area contributed by atoms with Gasteiger partial charge in [-0.3, -0.25) is 0 Å². The maximum Gasteiger partial charge on any atom is -0.00141 e. The lowest BCUT2D eigenvalue weighted by atomic mass is 9.77. The van der Waals surface area contributed by atoms with Crippen molar-refractivity contribution in [2.45, 2.75) is 26.2 Å². The molecule has 0 fully saturated rings. The Bertz CT molecular complexity index is 1530. The van der Waals surface area contributed by atoms with Gasteiger partial charge in [0.2, 0.25) is 0 Å². The van der Waals surface area contributed by atoms with Crippen LogP contribution >= 0.6 is 0 Å². The molecule has 0 heterocycles. The van der Waals surface area contributed by atoms with Gasteiger partial charge < -0.3 is 0 Å². The van der Waals surface area contributed by atoms with Crippen molar-refractivity contribution >= 4 is 43.1 Å². The fourth-order valence-electron chi connectivity index (χ4n) is 5.49. The summed E-state index contributed by atoms with van der Waals surface area (Å²) >= 11 is 0. The van der Waals surface area contributed by atoms with E-state index in [1.54, 1.807) is 0 Å². The topological polar surface area (TPSA) is 0 Å². The number of hydrogen-bond acceptors (Lipinski definition) is 0. The van der Waals surface area contributed by atoms with Crippen molar-refractivity contribution < 1.29 is 0 Å². The van der Waals surface area contributed by atoms with Crippen LogP contribution in [0.4, 0.5) is 0 Å². The molecule has 0 bridgehead atoms. The monoisotopic (exact) mass is 410 g/mol. The van der Waals surface area contributed by atoms with Crippen LogP contribution in [0.15, 0.2) is 103 Å². The van der Waals surface area contributed by atoms with E-state index in [-0.39, 0.29) is 5.41 Å². The molecule has 0 saturated heterocycles. The summed E-state index contributed by atoms with van der Waals surface area (Å²) < 4.78 is 0. The molecule has 0 amide bonds. The van der Waals surface area contributed by atoms with Gasteiger partial charge >= 0.3 is 0 Å². The Hall–Kier alpha value is -3.64. The molecular weight excluding hydrogens is 384 g/mol. The van der Waals surface area contributed by atoms with Gasteiger partial charge in [0.1, 0.15) is 0 Å². The van der Waals surface area contributed by atoms with Gasteiger partial charge in [-0.05, 0) is 71.3 Å². The van der Waals surface area contributed by atoms with Crippen molar-refractivity contribution in [2.75, 3.05) is 0 Å². The average molecular weight is 411 g/mol. The number of hydrogen-bond donors (Lipinski definition) is 0. The number of rotatable bonds is 1. The maximum absolute atomic E-state index is 2.33. The largest absolute Gasteiger partial charge is 0.0616 e. The molecule has 0 radical (unpaired) electrons. The summed E-state index contributed by atoms with van der Waals surface area (Å²) in [6.07, 6.45) is 0.